The van der Waals surface area contributed by atoms with Gasteiger partial charge in [-0.1, -0.05) is 33.8 Å². The fourth-order valence-corrected chi connectivity index (χ4v) is 6.25. The number of amides is 1. The van der Waals surface area contributed by atoms with Crippen molar-refractivity contribution in [2.45, 2.75) is 43.9 Å². The first-order chi connectivity index (χ1) is 14.4. The molecular formula is C22H23BrN4O2S. The van der Waals surface area contributed by atoms with Gasteiger partial charge in [-0.2, -0.15) is 0 Å². The monoisotopic (exact) mass is 486 g/mol. The van der Waals surface area contributed by atoms with E-state index < -0.39 is 5.54 Å². The Bertz CT molecular complexity index is 1030. The highest BCUT2D eigenvalue weighted by atomic mass is 79.9. The minimum Gasteiger partial charge on any atom is -0.490 e. The molecule has 156 valence electrons. The van der Waals surface area contributed by atoms with Crippen molar-refractivity contribution in [3.8, 4) is 5.75 Å². The molecule has 3 heterocycles. The van der Waals surface area contributed by atoms with E-state index in [1.54, 1.807) is 24.0 Å². The number of nitrogens with two attached hydrogens (primary N) is 1. The third-order valence-corrected chi connectivity index (χ3v) is 7.78. The summed E-state index contributed by atoms with van der Waals surface area (Å²) in [5.74, 6) is 1.71. The lowest BCUT2D eigenvalue weighted by atomic mass is 9.67. The van der Waals surface area contributed by atoms with Gasteiger partial charge < -0.3 is 15.8 Å². The summed E-state index contributed by atoms with van der Waals surface area (Å²) in [6.07, 6.45) is 4.32. The lowest BCUT2D eigenvalue weighted by molar-refractivity contribution is 0.0155. The summed E-state index contributed by atoms with van der Waals surface area (Å²) in [5.41, 5.74) is 8.29. The smallest absolute Gasteiger partial charge is 0.270 e. The van der Waals surface area contributed by atoms with Crippen LogP contribution in [0.2, 0.25) is 0 Å². The molecule has 4 atom stereocenters. The first-order valence-electron chi connectivity index (χ1n) is 10.1. The van der Waals surface area contributed by atoms with Crippen LogP contribution in [0.25, 0.3) is 0 Å². The molecule has 2 aromatic rings. The largest absolute Gasteiger partial charge is 0.490 e. The number of carbonyl (C=O) groups is 1. The molecule has 30 heavy (non-hydrogen) atoms. The Labute approximate surface area is 188 Å². The molecule has 1 saturated carbocycles. The number of pyridine rings is 1. The van der Waals surface area contributed by atoms with E-state index in [-0.39, 0.29) is 24.0 Å². The number of hydrogen-bond donors (Lipinski definition) is 2. The lowest BCUT2D eigenvalue weighted by Crippen LogP contribution is -2.54. The van der Waals surface area contributed by atoms with Crippen LogP contribution in [-0.4, -0.2) is 34.0 Å². The van der Waals surface area contributed by atoms with E-state index in [9.17, 15) is 4.79 Å². The van der Waals surface area contributed by atoms with Gasteiger partial charge in [-0.05, 0) is 56.0 Å². The first-order valence-corrected chi connectivity index (χ1v) is 11.9. The number of ether oxygens (including phenoxy) is 1. The van der Waals surface area contributed by atoms with Gasteiger partial charge in [0.25, 0.3) is 5.91 Å². The van der Waals surface area contributed by atoms with Gasteiger partial charge in [0.05, 0.1) is 0 Å². The second-order valence-electron chi connectivity index (χ2n) is 8.27. The maximum absolute atomic E-state index is 12.7. The number of fused-ring (bicyclic) bond motifs is 4. The molecule has 1 aromatic carbocycles. The molecule has 1 spiro atoms. The van der Waals surface area contributed by atoms with Crippen LogP contribution >= 0.6 is 27.7 Å². The third kappa shape index (κ3) is 3.39. The van der Waals surface area contributed by atoms with E-state index in [0.717, 1.165) is 46.4 Å². The number of nitrogens with zero attached hydrogens (tertiary/aromatic N) is 2. The number of aromatic nitrogens is 1. The molecule has 1 aromatic heterocycles. The van der Waals surface area contributed by atoms with Crippen molar-refractivity contribution < 1.29 is 9.53 Å². The van der Waals surface area contributed by atoms with Crippen LogP contribution in [0, 0.1) is 12.8 Å². The Balaban J connectivity index is 1.43. The van der Waals surface area contributed by atoms with Crippen LogP contribution in [0.4, 0.5) is 0 Å². The predicted molar refractivity (Wildman–Crippen MR) is 122 cm³/mol. The normalized spacial score (nSPS) is 29.5. The highest BCUT2D eigenvalue weighted by Crippen LogP contribution is 2.54. The van der Waals surface area contributed by atoms with Gasteiger partial charge in [0.1, 0.15) is 23.1 Å². The molecule has 0 bridgehead atoms. The standard InChI is InChI=1S/C22H23BrN4O2S/c1-12-2-5-17(25-10-12)20(28)26-14-4-7-19-16(9-14)22(11-30-21(24)27-22)15-8-13(23)3-6-18(15)29-19/h2-3,5-6,8,10,14,16,19H,4,7,9,11H2,1H3,(H2,24,27)(H,26,28). The summed E-state index contributed by atoms with van der Waals surface area (Å²) in [4.78, 5) is 22.0. The van der Waals surface area contributed by atoms with Crippen molar-refractivity contribution in [3.05, 3.63) is 57.8 Å². The van der Waals surface area contributed by atoms with E-state index in [2.05, 4.69) is 32.3 Å². The van der Waals surface area contributed by atoms with Gasteiger partial charge in [0.2, 0.25) is 0 Å². The Kier molecular flexibility index (Phi) is 5.01. The molecule has 3 aliphatic rings. The van der Waals surface area contributed by atoms with Crippen LogP contribution in [0.15, 0.2) is 46.0 Å². The summed E-state index contributed by atoms with van der Waals surface area (Å²) in [5, 5.41) is 3.81. The molecule has 6 nitrogen and oxygen atoms in total. The zero-order valence-corrected chi connectivity index (χ0v) is 19.0. The Morgan fingerprint density at radius 3 is 2.93 bits per heavy atom. The summed E-state index contributed by atoms with van der Waals surface area (Å²) >= 11 is 5.19. The maximum Gasteiger partial charge on any atom is 0.270 e. The van der Waals surface area contributed by atoms with E-state index in [0.29, 0.717) is 10.9 Å². The SMILES string of the molecule is Cc1ccc(C(=O)NC2CCC3Oc4ccc(Br)cc4C4(CSC(N)=N4)C3C2)nc1. The van der Waals surface area contributed by atoms with E-state index in [1.807, 2.05) is 25.1 Å². The number of amidine groups is 1. The van der Waals surface area contributed by atoms with Gasteiger partial charge >= 0.3 is 0 Å². The molecular weight excluding hydrogens is 464 g/mol. The molecule has 0 radical (unpaired) electrons. The minimum absolute atomic E-state index is 0.0538. The van der Waals surface area contributed by atoms with Crippen molar-refractivity contribution in [1.82, 2.24) is 10.3 Å². The number of aryl methyl sites for hydroxylation is 1. The molecule has 2 aliphatic heterocycles. The fraction of sp³-hybridized carbons (Fsp3) is 0.409. The van der Waals surface area contributed by atoms with Crippen molar-refractivity contribution >= 4 is 38.8 Å². The Hall–Kier alpha value is -2.06. The molecule has 8 heteroatoms. The Morgan fingerprint density at radius 2 is 2.20 bits per heavy atom. The van der Waals surface area contributed by atoms with Crippen molar-refractivity contribution in [3.63, 3.8) is 0 Å². The number of benzene rings is 1. The van der Waals surface area contributed by atoms with E-state index in [4.69, 9.17) is 15.5 Å². The first kappa shape index (κ1) is 19.9. The summed E-state index contributed by atoms with van der Waals surface area (Å²) < 4.78 is 7.40. The molecule has 0 saturated heterocycles. The van der Waals surface area contributed by atoms with Gasteiger partial charge in [0, 0.05) is 33.9 Å². The van der Waals surface area contributed by atoms with Crippen molar-refractivity contribution in [1.29, 1.82) is 0 Å². The fourth-order valence-electron chi connectivity index (χ4n) is 4.86. The number of nitrogens with one attached hydrogen (secondary N) is 1. The topological polar surface area (TPSA) is 89.6 Å². The zero-order valence-electron chi connectivity index (χ0n) is 16.6. The van der Waals surface area contributed by atoms with Crippen LogP contribution in [-0.2, 0) is 5.54 Å². The van der Waals surface area contributed by atoms with Gasteiger partial charge in [-0.25, -0.2) is 4.99 Å². The average Bonchev–Trinajstić information content (AvgIpc) is 3.12. The van der Waals surface area contributed by atoms with Crippen LogP contribution in [0.3, 0.4) is 0 Å². The molecule has 1 fully saturated rings. The number of hydrogen-bond acceptors (Lipinski definition) is 6. The summed E-state index contributed by atoms with van der Waals surface area (Å²) in [7, 11) is 0. The minimum atomic E-state index is -0.414. The van der Waals surface area contributed by atoms with Gasteiger partial charge in [0.15, 0.2) is 5.17 Å². The second-order valence-corrected chi connectivity index (χ2v) is 10.2. The maximum atomic E-state index is 12.7. The Morgan fingerprint density at radius 1 is 1.33 bits per heavy atom. The molecule has 4 unspecified atom stereocenters. The lowest BCUT2D eigenvalue weighted by Gasteiger charge is -2.48. The molecule has 1 amide bonds. The highest BCUT2D eigenvalue weighted by molar-refractivity contribution is 9.10. The number of thioether (sulfide) groups is 1. The zero-order chi connectivity index (χ0) is 20.9. The number of halogens is 1. The molecule has 1 aliphatic carbocycles. The van der Waals surface area contributed by atoms with Crippen LogP contribution in [0.1, 0.15) is 40.9 Å². The van der Waals surface area contributed by atoms with Crippen molar-refractivity contribution in [2.75, 3.05) is 5.75 Å². The van der Waals surface area contributed by atoms with E-state index in [1.165, 1.54) is 0 Å². The van der Waals surface area contributed by atoms with Crippen LogP contribution in [0.5, 0.6) is 5.75 Å². The molecule has 3 N–H and O–H groups in total. The van der Waals surface area contributed by atoms with Crippen molar-refractivity contribution in [2.24, 2.45) is 16.6 Å². The quantitative estimate of drug-likeness (QED) is 0.674. The number of aliphatic imine (C=N–C) groups is 1. The summed E-state index contributed by atoms with van der Waals surface area (Å²) in [6, 6.07) is 9.86. The second kappa shape index (κ2) is 7.57. The predicted octanol–water partition coefficient (Wildman–Crippen LogP) is 3.77. The average molecular weight is 487 g/mol. The number of rotatable bonds is 2. The van der Waals surface area contributed by atoms with Gasteiger partial charge in [-0.3, -0.25) is 9.78 Å². The van der Waals surface area contributed by atoms with E-state index >= 15 is 0 Å². The molecule has 5 rings (SSSR count). The van der Waals surface area contributed by atoms with Crippen LogP contribution < -0.4 is 15.8 Å². The highest BCUT2D eigenvalue weighted by Gasteiger charge is 2.54. The summed E-state index contributed by atoms with van der Waals surface area (Å²) in [6.45, 7) is 1.96. The third-order valence-electron chi connectivity index (χ3n) is 6.32. The number of carbonyl (C=O) groups excluding carboxylic acids is 1. The van der Waals surface area contributed by atoms with Gasteiger partial charge in [-0.15, -0.1) is 0 Å².